The van der Waals surface area contributed by atoms with E-state index in [0.717, 1.165) is 32.2 Å². The molecule has 4 nitrogen and oxygen atoms in total. The highest BCUT2D eigenvalue weighted by molar-refractivity contribution is 5.79. The van der Waals surface area contributed by atoms with E-state index in [4.69, 9.17) is 0 Å². The average Bonchev–Trinajstić information content (AvgIpc) is 2.65. The molecule has 0 atom stereocenters. The molecule has 2 rings (SSSR count). The lowest BCUT2D eigenvalue weighted by Crippen LogP contribution is -2.34. The van der Waals surface area contributed by atoms with Crippen molar-refractivity contribution in [3.8, 4) is 0 Å². The van der Waals surface area contributed by atoms with Crippen LogP contribution in [0.15, 0.2) is 12.4 Å². The fraction of sp³-hybridized carbons (Fsp3) is 0.667. The van der Waals surface area contributed by atoms with Crippen LogP contribution in [-0.4, -0.2) is 33.6 Å². The molecular formula is C12H19N3O. The molecule has 0 spiro atoms. The number of nitrogens with zero attached hydrogens (tertiary/aromatic N) is 3. The van der Waals surface area contributed by atoms with Crippen LogP contribution in [0.1, 0.15) is 31.2 Å². The quantitative estimate of drug-likeness (QED) is 0.773. The average molecular weight is 221 g/mol. The number of Topliss-reactive ketones (excluding diaryl/α,β-unsaturated/α-hetero) is 1. The summed E-state index contributed by atoms with van der Waals surface area (Å²) in [6.45, 7) is 0.923. The van der Waals surface area contributed by atoms with E-state index in [2.05, 4.69) is 17.0 Å². The summed E-state index contributed by atoms with van der Waals surface area (Å²) < 4.78 is 1.83. The van der Waals surface area contributed by atoms with Crippen molar-refractivity contribution in [3.63, 3.8) is 0 Å². The summed E-state index contributed by atoms with van der Waals surface area (Å²) in [5.41, 5.74) is 1.24. The minimum Gasteiger partial charge on any atom is -0.300 e. The molecule has 0 aromatic carbocycles. The number of aromatic nitrogens is 2. The maximum atomic E-state index is 11.2. The summed E-state index contributed by atoms with van der Waals surface area (Å²) in [7, 11) is 4.07. The van der Waals surface area contributed by atoms with Crippen molar-refractivity contribution in [2.75, 3.05) is 7.05 Å². The van der Waals surface area contributed by atoms with Gasteiger partial charge in [-0.3, -0.25) is 14.4 Å². The van der Waals surface area contributed by atoms with Crippen molar-refractivity contribution in [2.24, 2.45) is 7.05 Å². The van der Waals surface area contributed by atoms with Gasteiger partial charge in [-0.05, 0) is 19.9 Å². The topological polar surface area (TPSA) is 38.1 Å². The van der Waals surface area contributed by atoms with E-state index >= 15 is 0 Å². The Morgan fingerprint density at radius 2 is 2.19 bits per heavy atom. The van der Waals surface area contributed by atoms with Crippen LogP contribution in [0.25, 0.3) is 0 Å². The zero-order valence-electron chi connectivity index (χ0n) is 10.0. The molecule has 0 radical (unpaired) electrons. The van der Waals surface area contributed by atoms with E-state index in [-0.39, 0.29) is 0 Å². The Kier molecular flexibility index (Phi) is 3.39. The number of ketones is 1. The van der Waals surface area contributed by atoms with Crippen molar-refractivity contribution < 1.29 is 4.79 Å². The Labute approximate surface area is 96.2 Å². The van der Waals surface area contributed by atoms with E-state index in [1.165, 1.54) is 5.56 Å². The molecule has 0 saturated heterocycles. The van der Waals surface area contributed by atoms with Gasteiger partial charge in [0.15, 0.2) is 0 Å². The molecule has 0 N–H and O–H groups in total. The molecule has 0 bridgehead atoms. The Morgan fingerprint density at radius 1 is 1.50 bits per heavy atom. The molecular weight excluding hydrogens is 202 g/mol. The molecule has 1 saturated carbocycles. The predicted molar refractivity (Wildman–Crippen MR) is 61.9 cm³/mol. The largest absolute Gasteiger partial charge is 0.300 e. The van der Waals surface area contributed by atoms with E-state index in [1.807, 2.05) is 24.1 Å². The maximum absolute atomic E-state index is 11.2. The number of rotatable bonds is 3. The van der Waals surface area contributed by atoms with Gasteiger partial charge in [-0.2, -0.15) is 5.10 Å². The molecule has 1 fully saturated rings. The van der Waals surface area contributed by atoms with E-state index in [0.29, 0.717) is 11.8 Å². The Bertz CT molecular complexity index is 362. The first-order chi connectivity index (χ1) is 7.65. The molecule has 0 amide bonds. The molecule has 16 heavy (non-hydrogen) atoms. The minimum absolute atomic E-state index is 0.422. The molecule has 1 heterocycles. The molecule has 1 aliphatic rings. The maximum Gasteiger partial charge on any atom is 0.133 e. The van der Waals surface area contributed by atoms with Crippen molar-refractivity contribution in [1.29, 1.82) is 0 Å². The van der Waals surface area contributed by atoms with Crippen LogP contribution >= 0.6 is 0 Å². The number of carbonyl (C=O) groups excluding carboxylic acids is 1. The highest BCUT2D eigenvalue weighted by Crippen LogP contribution is 2.20. The van der Waals surface area contributed by atoms with Crippen LogP contribution in [0.5, 0.6) is 0 Å². The van der Waals surface area contributed by atoms with Crippen molar-refractivity contribution in [1.82, 2.24) is 14.7 Å². The normalized spacial score (nSPS) is 18.3. The minimum atomic E-state index is 0.422. The highest BCUT2D eigenvalue weighted by atomic mass is 16.1. The van der Waals surface area contributed by atoms with Gasteiger partial charge in [0.05, 0.1) is 6.20 Å². The summed E-state index contributed by atoms with van der Waals surface area (Å²) >= 11 is 0. The lowest BCUT2D eigenvalue weighted by atomic mass is 9.93. The number of hydrogen-bond donors (Lipinski definition) is 0. The number of hydrogen-bond acceptors (Lipinski definition) is 3. The van der Waals surface area contributed by atoms with Crippen LogP contribution in [-0.2, 0) is 18.4 Å². The molecule has 88 valence electrons. The zero-order chi connectivity index (χ0) is 11.5. The number of aryl methyl sites for hydroxylation is 1. The summed E-state index contributed by atoms with van der Waals surface area (Å²) in [5.74, 6) is 0.422. The van der Waals surface area contributed by atoms with Gasteiger partial charge < -0.3 is 0 Å². The Morgan fingerprint density at radius 3 is 2.75 bits per heavy atom. The van der Waals surface area contributed by atoms with Crippen molar-refractivity contribution in [3.05, 3.63) is 18.0 Å². The number of carbonyl (C=O) groups is 1. The SMILES string of the molecule is CN(Cc1cnn(C)c1)C1CCC(=O)CC1. The third kappa shape index (κ3) is 2.70. The molecule has 0 aliphatic heterocycles. The summed E-state index contributed by atoms with van der Waals surface area (Å²) in [5, 5.41) is 4.16. The van der Waals surface area contributed by atoms with Gasteiger partial charge in [0.25, 0.3) is 0 Å². The predicted octanol–water partition coefficient (Wildman–Crippen LogP) is 1.36. The molecule has 1 aliphatic carbocycles. The van der Waals surface area contributed by atoms with Gasteiger partial charge in [-0.25, -0.2) is 0 Å². The molecule has 4 heteroatoms. The van der Waals surface area contributed by atoms with Crippen molar-refractivity contribution in [2.45, 2.75) is 38.3 Å². The zero-order valence-corrected chi connectivity index (χ0v) is 10.0. The first-order valence-corrected chi connectivity index (χ1v) is 5.84. The fourth-order valence-corrected chi connectivity index (χ4v) is 2.34. The van der Waals surface area contributed by atoms with Crippen molar-refractivity contribution >= 4 is 5.78 Å². The second kappa shape index (κ2) is 4.78. The van der Waals surface area contributed by atoms with Crippen LogP contribution in [0.3, 0.4) is 0 Å². The monoisotopic (exact) mass is 221 g/mol. The first-order valence-electron chi connectivity index (χ1n) is 5.84. The van der Waals surface area contributed by atoms with E-state index in [9.17, 15) is 4.79 Å². The van der Waals surface area contributed by atoms with Gasteiger partial charge in [0, 0.05) is 44.2 Å². The van der Waals surface area contributed by atoms with Crippen LogP contribution in [0.4, 0.5) is 0 Å². The second-order valence-corrected chi connectivity index (χ2v) is 4.71. The fourth-order valence-electron chi connectivity index (χ4n) is 2.34. The second-order valence-electron chi connectivity index (χ2n) is 4.71. The van der Waals surface area contributed by atoms with Gasteiger partial charge in [-0.15, -0.1) is 0 Å². The van der Waals surface area contributed by atoms with E-state index in [1.54, 1.807) is 0 Å². The molecule has 1 aromatic heterocycles. The first kappa shape index (κ1) is 11.3. The van der Waals surface area contributed by atoms with E-state index < -0.39 is 0 Å². The summed E-state index contributed by atoms with van der Waals surface area (Å²) in [6.07, 6.45) is 7.48. The van der Waals surface area contributed by atoms with Gasteiger partial charge in [0.2, 0.25) is 0 Å². The lowest BCUT2D eigenvalue weighted by Gasteiger charge is -2.30. The van der Waals surface area contributed by atoms with Gasteiger partial charge >= 0.3 is 0 Å². The highest BCUT2D eigenvalue weighted by Gasteiger charge is 2.22. The molecule has 1 aromatic rings. The van der Waals surface area contributed by atoms with Gasteiger partial charge in [0.1, 0.15) is 5.78 Å². The summed E-state index contributed by atoms with van der Waals surface area (Å²) in [4.78, 5) is 13.5. The Hall–Kier alpha value is -1.16. The Balaban J connectivity index is 1.88. The smallest absolute Gasteiger partial charge is 0.133 e. The third-order valence-electron chi connectivity index (χ3n) is 3.33. The molecule has 0 unspecified atom stereocenters. The van der Waals surface area contributed by atoms with Crippen LogP contribution in [0.2, 0.25) is 0 Å². The standard InChI is InChI=1S/C12H19N3O/c1-14(8-10-7-13-15(2)9-10)11-3-5-12(16)6-4-11/h7,9,11H,3-6,8H2,1-2H3. The third-order valence-corrected chi connectivity index (χ3v) is 3.33. The van der Waals surface area contributed by atoms with Gasteiger partial charge in [-0.1, -0.05) is 0 Å². The van der Waals surface area contributed by atoms with Crippen LogP contribution in [0, 0.1) is 0 Å². The lowest BCUT2D eigenvalue weighted by molar-refractivity contribution is -0.121. The van der Waals surface area contributed by atoms with Crippen LogP contribution < -0.4 is 0 Å². The summed E-state index contributed by atoms with van der Waals surface area (Å²) in [6, 6.07) is 0.554.